The van der Waals surface area contributed by atoms with Gasteiger partial charge in [0.1, 0.15) is 0 Å². The Morgan fingerprint density at radius 3 is 2.94 bits per heavy atom. The van der Waals surface area contributed by atoms with Gasteiger partial charge in [-0.15, -0.1) is 0 Å². The van der Waals surface area contributed by atoms with Crippen LogP contribution in [0.1, 0.15) is 17.0 Å². The molecule has 1 aliphatic rings. The topological polar surface area (TPSA) is 76.5 Å². The molecule has 1 saturated heterocycles. The van der Waals surface area contributed by atoms with Crippen molar-refractivity contribution in [1.82, 2.24) is 4.90 Å². The predicted molar refractivity (Wildman–Crippen MR) is 56.8 cm³/mol. The lowest BCUT2D eigenvalue weighted by Gasteiger charge is -2.12. The summed E-state index contributed by atoms with van der Waals surface area (Å²) in [4.78, 5) is 24.6. The number of carbonyl (C=O) groups excluding carboxylic acids is 2. The number of hydrogen-bond acceptors (Lipinski definition) is 4. The number of likely N-dealkylation sites (tertiary alicyclic amines) is 1. The summed E-state index contributed by atoms with van der Waals surface area (Å²) in [5.74, 6) is -0.102. The van der Waals surface area contributed by atoms with Crippen LogP contribution in [0.15, 0.2) is 22.8 Å². The quantitative estimate of drug-likeness (QED) is 0.742. The van der Waals surface area contributed by atoms with Gasteiger partial charge in [0, 0.05) is 6.54 Å². The van der Waals surface area contributed by atoms with Crippen LogP contribution in [0.2, 0.25) is 0 Å². The summed E-state index contributed by atoms with van der Waals surface area (Å²) in [6.07, 6.45) is 2.21. The fourth-order valence-electron chi connectivity index (χ4n) is 1.93. The van der Waals surface area contributed by atoms with Gasteiger partial charge in [-0.25, -0.2) is 0 Å². The second-order valence-corrected chi connectivity index (χ2v) is 4.02. The van der Waals surface area contributed by atoms with Crippen LogP contribution in [0.25, 0.3) is 0 Å². The zero-order valence-electron chi connectivity index (χ0n) is 8.89. The van der Waals surface area contributed by atoms with Crippen LogP contribution < -0.4 is 5.73 Å². The molecule has 1 aromatic rings. The van der Waals surface area contributed by atoms with E-state index in [0.717, 1.165) is 13.0 Å². The lowest BCUT2D eigenvalue weighted by molar-refractivity contribution is -0.121. The van der Waals surface area contributed by atoms with E-state index in [2.05, 4.69) is 0 Å². The van der Waals surface area contributed by atoms with Crippen LogP contribution in [0.3, 0.4) is 0 Å². The van der Waals surface area contributed by atoms with Gasteiger partial charge < -0.3 is 10.2 Å². The van der Waals surface area contributed by atoms with Gasteiger partial charge in [-0.1, -0.05) is 0 Å². The van der Waals surface area contributed by atoms with Crippen molar-refractivity contribution in [3.05, 3.63) is 24.2 Å². The van der Waals surface area contributed by atoms with Gasteiger partial charge in [0.05, 0.1) is 18.7 Å². The molecule has 0 aliphatic carbocycles. The number of furan rings is 1. The molecular formula is C11H14N2O3. The lowest BCUT2D eigenvalue weighted by atomic mass is 10.1. The maximum atomic E-state index is 11.7. The maximum Gasteiger partial charge on any atom is 0.221 e. The highest BCUT2D eigenvalue weighted by atomic mass is 16.3. The molecule has 0 spiro atoms. The highest BCUT2D eigenvalue weighted by Crippen LogP contribution is 2.16. The number of carbonyl (C=O) groups is 2. The van der Waals surface area contributed by atoms with Crippen molar-refractivity contribution in [2.45, 2.75) is 6.42 Å². The molecule has 0 radical (unpaired) electrons. The van der Waals surface area contributed by atoms with E-state index >= 15 is 0 Å². The number of primary amides is 1. The Bertz CT molecular complexity index is 386. The van der Waals surface area contributed by atoms with Crippen LogP contribution in [-0.4, -0.2) is 36.2 Å². The summed E-state index contributed by atoms with van der Waals surface area (Å²) >= 11 is 0. The van der Waals surface area contributed by atoms with E-state index in [0.29, 0.717) is 12.3 Å². The van der Waals surface area contributed by atoms with Crippen LogP contribution in [0, 0.1) is 5.92 Å². The number of nitrogens with zero attached hydrogens (tertiary/aromatic N) is 1. The summed E-state index contributed by atoms with van der Waals surface area (Å²) in [7, 11) is 0. The van der Waals surface area contributed by atoms with Crippen molar-refractivity contribution in [1.29, 1.82) is 0 Å². The van der Waals surface area contributed by atoms with Gasteiger partial charge in [0.15, 0.2) is 5.76 Å². The van der Waals surface area contributed by atoms with Gasteiger partial charge >= 0.3 is 0 Å². The van der Waals surface area contributed by atoms with E-state index < -0.39 is 0 Å². The molecule has 86 valence electrons. The highest BCUT2D eigenvalue weighted by Gasteiger charge is 2.28. The Morgan fingerprint density at radius 2 is 2.38 bits per heavy atom. The fraction of sp³-hybridized carbons (Fsp3) is 0.455. The van der Waals surface area contributed by atoms with E-state index in [-0.39, 0.29) is 24.2 Å². The first-order valence-corrected chi connectivity index (χ1v) is 5.25. The van der Waals surface area contributed by atoms with Gasteiger partial charge in [-0.05, 0) is 25.1 Å². The Labute approximate surface area is 93.2 Å². The first-order valence-electron chi connectivity index (χ1n) is 5.25. The molecule has 2 rings (SSSR count). The first-order chi connectivity index (χ1) is 7.66. The van der Waals surface area contributed by atoms with Crippen molar-refractivity contribution < 1.29 is 14.0 Å². The van der Waals surface area contributed by atoms with Crippen molar-refractivity contribution in [3.8, 4) is 0 Å². The minimum Gasteiger partial charge on any atom is -0.461 e. The van der Waals surface area contributed by atoms with Gasteiger partial charge in [-0.2, -0.15) is 0 Å². The van der Waals surface area contributed by atoms with Gasteiger partial charge in [0.2, 0.25) is 11.7 Å². The molecule has 1 atom stereocenters. The minimum atomic E-state index is -0.284. The second kappa shape index (κ2) is 4.49. The molecule has 1 unspecified atom stereocenters. The Hall–Kier alpha value is -1.62. The maximum absolute atomic E-state index is 11.7. The minimum absolute atomic E-state index is 0.0601. The SMILES string of the molecule is NC(=O)C1CCN(CC(=O)c2ccco2)C1. The average Bonchev–Trinajstić information content (AvgIpc) is 2.87. The molecule has 2 heterocycles. The Balaban J connectivity index is 1.88. The molecule has 16 heavy (non-hydrogen) atoms. The molecule has 0 saturated carbocycles. The molecule has 0 bridgehead atoms. The normalized spacial score (nSPS) is 21.1. The molecule has 5 heteroatoms. The molecule has 1 fully saturated rings. The first kappa shape index (κ1) is 10.9. The summed E-state index contributed by atoms with van der Waals surface area (Å²) in [5.41, 5.74) is 5.22. The van der Waals surface area contributed by atoms with Crippen LogP contribution in [0.5, 0.6) is 0 Å². The van der Waals surface area contributed by atoms with E-state index in [4.69, 9.17) is 10.2 Å². The number of ketones is 1. The van der Waals surface area contributed by atoms with E-state index in [9.17, 15) is 9.59 Å². The molecule has 0 aromatic carbocycles. The van der Waals surface area contributed by atoms with Gasteiger partial charge in [-0.3, -0.25) is 14.5 Å². The number of amides is 1. The van der Waals surface area contributed by atoms with E-state index in [1.165, 1.54) is 6.26 Å². The molecule has 2 N–H and O–H groups in total. The smallest absolute Gasteiger partial charge is 0.221 e. The number of hydrogen-bond donors (Lipinski definition) is 1. The van der Waals surface area contributed by atoms with Crippen molar-refractivity contribution >= 4 is 11.7 Å². The number of rotatable bonds is 4. The molecule has 1 aromatic heterocycles. The summed E-state index contributed by atoms with van der Waals surface area (Å²) in [5, 5.41) is 0. The summed E-state index contributed by atoms with van der Waals surface area (Å²) < 4.78 is 5.01. The lowest BCUT2D eigenvalue weighted by Crippen LogP contribution is -2.30. The highest BCUT2D eigenvalue weighted by molar-refractivity contribution is 5.95. The van der Waals surface area contributed by atoms with Crippen LogP contribution in [0.4, 0.5) is 0 Å². The standard InChI is InChI=1S/C11H14N2O3/c12-11(15)8-3-4-13(6-8)7-9(14)10-2-1-5-16-10/h1-2,5,8H,3-4,6-7H2,(H2,12,15). The predicted octanol–water partition coefficient (Wildman–Crippen LogP) is 0.269. The second-order valence-electron chi connectivity index (χ2n) is 4.02. The number of nitrogens with two attached hydrogens (primary N) is 1. The summed E-state index contributed by atoms with van der Waals surface area (Å²) in [6, 6.07) is 3.33. The van der Waals surface area contributed by atoms with Gasteiger partial charge in [0.25, 0.3) is 0 Å². The van der Waals surface area contributed by atoms with E-state index in [1.54, 1.807) is 12.1 Å². The Morgan fingerprint density at radius 1 is 1.56 bits per heavy atom. The third-order valence-corrected chi connectivity index (χ3v) is 2.84. The third-order valence-electron chi connectivity index (χ3n) is 2.84. The zero-order valence-corrected chi connectivity index (χ0v) is 8.89. The van der Waals surface area contributed by atoms with Crippen LogP contribution >= 0.6 is 0 Å². The summed E-state index contributed by atoms with van der Waals surface area (Å²) in [6.45, 7) is 1.60. The molecule has 1 amide bonds. The van der Waals surface area contributed by atoms with Crippen LogP contribution in [-0.2, 0) is 4.79 Å². The van der Waals surface area contributed by atoms with Crippen molar-refractivity contribution in [2.24, 2.45) is 11.7 Å². The largest absolute Gasteiger partial charge is 0.461 e. The number of Topliss-reactive ketones (excluding diaryl/α,β-unsaturated/α-hetero) is 1. The monoisotopic (exact) mass is 222 g/mol. The molecule has 5 nitrogen and oxygen atoms in total. The molecule has 1 aliphatic heterocycles. The molecular weight excluding hydrogens is 208 g/mol. The average molecular weight is 222 g/mol. The van der Waals surface area contributed by atoms with Crippen molar-refractivity contribution in [2.75, 3.05) is 19.6 Å². The zero-order chi connectivity index (χ0) is 11.5. The fourth-order valence-corrected chi connectivity index (χ4v) is 1.93. The Kier molecular flexibility index (Phi) is 3.05. The van der Waals surface area contributed by atoms with Crippen molar-refractivity contribution in [3.63, 3.8) is 0 Å². The van der Waals surface area contributed by atoms with E-state index in [1.807, 2.05) is 4.90 Å². The third kappa shape index (κ3) is 2.30.